The second-order valence-corrected chi connectivity index (χ2v) is 4.97. The van der Waals surface area contributed by atoms with Gasteiger partial charge in [0.15, 0.2) is 0 Å². The van der Waals surface area contributed by atoms with Gasteiger partial charge < -0.3 is 5.32 Å². The number of nitrogens with zero attached hydrogens (tertiary/aromatic N) is 1. The van der Waals surface area contributed by atoms with Gasteiger partial charge in [-0.1, -0.05) is 6.92 Å². The van der Waals surface area contributed by atoms with Crippen LogP contribution < -0.4 is 10.0 Å². The van der Waals surface area contributed by atoms with Crippen LogP contribution >= 0.6 is 12.4 Å². The first-order chi connectivity index (χ1) is 6.06. The molecule has 1 saturated heterocycles. The second kappa shape index (κ2) is 5.87. The Bertz CT molecular complexity index is 258. The van der Waals surface area contributed by atoms with Crippen molar-refractivity contribution in [1.82, 2.24) is 14.3 Å². The summed E-state index contributed by atoms with van der Waals surface area (Å²) >= 11 is 0. The van der Waals surface area contributed by atoms with E-state index in [0.29, 0.717) is 19.6 Å². The van der Waals surface area contributed by atoms with E-state index in [1.807, 2.05) is 6.92 Å². The fourth-order valence-electron chi connectivity index (χ4n) is 1.39. The maximum Gasteiger partial charge on any atom is 0.279 e. The van der Waals surface area contributed by atoms with Gasteiger partial charge in [-0.05, 0) is 6.92 Å². The Morgan fingerprint density at radius 3 is 2.71 bits per heavy atom. The van der Waals surface area contributed by atoms with Gasteiger partial charge in [0, 0.05) is 32.2 Å². The third kappa shape index (κ3) is 3.70. The summed E-state index contributed by atoms with van der Waals surface area (Å²) in [6.07, 6.45) is 0. The SMILES string of the molecule is CCNS(=O)(=O)N1CCNC(C)C1.Cl. The summed E-state index contributed by atoms with van der Waals surface area (Å²) < 4.78 is 27.0. The highest BCUT2D eigenvalue weighted by molar-refractivity contribution is 7.87. The number of hydrogen-bond acceptors (Lipinski definition) is 3. The molecule has 1 rings (SSSR count). The molecule has 0 aromatic carbocycles. The molecule has 1 atom stereocenters. The molecule has 5 nitrogen and oxygen atoms in total. The van der Waals surface area contributed by atoms with Crippen LogP contribution in [0.15, 0.2) is 0 Å². The summed E-state index contributed by atoms with van der Waals surface area (Å²) in [4.78, 5) is 0. The summed E-state index contributed by atoms with van der Waals surface area (Å²) in [6, 6.07) is 0.238. The van der Waals surface area contributed by atoms with Crippen molar-refractivity contribution < 1.29 is 8.42 Å². The van der Waals surface area contributed by atoms with Crippen LogP contribution in [-0.2, 0) is 10.2 Å². The molecule has 1 unspecified atom stereocenters. The minimum Gasteiger partial charge on any atom is -0.312 e. The highest BCUT2D eigenvalue weighted by Gasteiger charge is 2.25. The summed E-state index contributed by atoms with van der Waals surface area (Å²) in [7, 11) is -3.22. The monoisotopic (exact) mass is 243 g/mol. The molecule has 0 spiro atoms. The van der Waals surface area contributed by atoms with E-state index in [0.717, 1.165) is 6.54 Å². The van der Waals surface area contributed by atoms with Crippen molar-refractivity contribution in [2.75, 3.05) is 26.2 Å². The fraction of sp³-hybridized carbons (Fsp3) is 1.00. The van der Waals surface area contributed by atoms with E-state index in [2.05, 4.69) is 10.0 Å². The molecule has 2 N–H and O–H groups in total. The molecule has 1 heterocycles. The van der Waals surface area contributed by atoms with Crippen LogP contribution in [0.1, 0.15) is 13.8 Å². The molecule has 0 aromatic rings. The van der Waals surface area contributed by atoms with E-state index in [9.17, 15) is 8.42 Å². The van der Waals surface area contributed by atoms with Crippen molar-refractivity contribution in [3.63, 3.8) is 0 Å². The molecule has 0 aromatic heterocycles. The molecule has 7 heteroatoms. The van der Waals surface area contributed by atoms with E-state index in [-0.39, 0.29) is 18.4 Å². The van der Waals surface area contributed by atoms with Crippen LogP contribution in [-0.4, -0.2) is 44.9 Å². The van der Waals surface area contributed by atoms with E-state index in [4.69, 9.17) is 0 Å². The van der Waals surface area contributed by atoms with E-state index >= 15 is 0 Å². The molecule has 86 valence electrons. The van der Waals surface area contributed by atoms with Gasteiger partial charge in [-0.25, -0.2) is 4.72 Å². The topological polar surface area (TPSA) is 61.4 Å². The van der Waals surface area contributed by atoms with Gasteiger partial charge in [0.2, 0.25) is 0 Å². The Morgan fingerprint density at radius 2 is 2.21 bits per heavy atom. The van der Waals surface area contributed by atoms with Crippen LogP contribution in [0.25, 0.3) is 0 Å². The molecule has 0 aliphatic carbocycles. The summed E-state index contributed by atoms with van der Waals surface area (Å²) in [5.41, 5.74) is 0. The zero-order chi connectivity index (χ0) is 9.90. The molecule has 0 saturated carbocycles. The number of nitrogens with one attached hydrogen (secondary N) is 2. The normalized spacial score (nSPS) is 24.3. The first-order valence-electron chi connectivity index (χ1n) is 4.54. The highest BCUT2D eigenvalue weighted by Crippen LogP contribution is 2.03. The maximum absolute atomic E-state index is 11.5. The molecule has 0 bridgehead atoms. The Kier molecular flexibility index (Phi) is 5.92. The lowest BCUT2D eigenvalue weighted by Crippen LogP contribution is -2.54. The number of halogens is 1. The average molecular weight is 244 g/mol. The molecule has 1 fully saturated rings. The third-order valence-corrected chi connectivity index (χ3v) is 3.66. The van der Waals surface area contributed by atoms with Crippen molar-refractivity contribution in [2.45, 2.75) is 19.9 Å². The van der Waals surface area contributed by atoms with Crippen molar-refractivity contribution in [1.29, 1.82) is 0 Å². The van der Waals surface area contributed by atoms with Gasteiger partial charge in [-0.2, -0.15) is 12.7 Å². The first-order valence-corrected chi connectivity index (χ1v) is 5.98. The Balaban J connectivity index is 0.00000169. The summed E-state index contributed by atoms with van der Waals surface area (Å²) in [5, 5.41) is 3.19. The zero-order valence-corrected chi connectivity index (χ0v) is 10.1. The van der Waals surface area contributed by atoms with Crippen molar-refractivity contribution in [2.24, 2.45) is 0 Å². The molecule has 1 aliphatic rings. The largest absolute Gasteiger partial charge is 0.312 e. The highest BCUT2D eigenvalue weighted by atomic mass is 35.5. The molecule has 14 heavy (non-hydrogen) atoms. The lowest BCUT2D eigenvalue weighted by atomic mass is 10.3. The number of piperazine rings is 1. The molecule has 0 radical (unpaired) electrons. The predicted octanol–water partition coefficient (Wildman–Crippen LogP) is -0.444. The van der Waals surface area contributed by atoms with Crippen LogP contribution in [0.4, 0.5) is 0 Å². The standard InChI is InChI=1S/C7H17N3O2S.ClH/c1-3-9-13(11,12)10-5-4-8-7(2)6-10;/h7-9H,3-6H2,1-2H3;1H. The lowest BCUT2D eigenvalue weighted by Gasteiger charge is -2.30. The number of hydrogen-bond donors (Lipinski definition) is 2. The number of rotatable bonds is 3. The van der Waals surface area contributed by atoms with E-state index < -0.39 is 10.2 Å². The van der Waals surface area contributed by atoms with Crippen LogP contribution in [0.5, 0.6) is 0 Å². The van der Waals surface area contributed by atoms with Crippen LogP contribution in [0, 0.1) is 0 Å². The van der Waals surface area contributed by atoms with Crippen molar-refractivity contribution >= 4 is 22.6 Å². The smallest absolute Gasteiger partial charge is 0.279 e. The van der Waals surface area contributed by atoms with Crippen LogP contribution in [0.2, 0.25) is 0 Å². The van der Waals surface area contributed by atoms with Gasteiger partial charge in [0.25, 0.3) is 10.2 Å². The van der Waals surface area contributed by atoms with Gasteiger partial charge in [0.05, 0.1) is 0 Å². The van der Waals surface area contributed by atoms with Gasteiger partial charge in [0.1, 0.15) is 0 Å². The average Bonchev–Trinajstić information content (AvgIpc) is 2.04. The lowest BCUT2D eigenvalue weighted by molar-refractivity contribution is 0.307. The van der Waals surface area contributed by atoms with Gasteiger partial charge in [-0.15, -0.1) is 12.4 Å². The molecular weight excluding hydrogens is 226 g/mol. The fourth-order valence-corrected chi connectivity index (χ4v) is 2.69. The Labute approximate surface area is 91.8 Å². The minimum absolute atomic E-state index is 0. The van der Waals surface area contributed by atoms with E-state index in [1.54, 1.807) is 6.92 Å². The van der Waals surface area contributed by atoms with Crippen molar-refractivity contribution in [3.05, 3.63) is 0 Å². The van der Waals surface area contributed by atoms with Gasteiger partial charge in [-0.3, -0.25) is 0 Å². The minimum atomic E-state index is -3.22. The Hall–Kier alpha value is 0.120. The summed E-state index contributed by atoms with van der Waals surface area (Å²) in [5.74, 6) is 0. The van der Waals surface area contributed by atoms with Crippen molar-refractivity contribution in [3.8, 4) is 0 Å². The van der Waals surface area contributed by atoms with Gasteiger partial charge >= 0.3 is 0 Å². The Morgan fingerprint density at radius 1 is 1.57 bits per heavy atom. The predicted molar refractivity (Wildman–Crippen MR) is 58.9 cm³/mol. The summed E-state index contributed by atoms with van der Waals surface area (Å²) in [6.45, 7) is 6.04. The third-order valence-electron chi connectivity index (χ3n) is 2.00. The van der Waals surface area contributed by atoms with Crippen LogP contribution in [0.3, 0.4) is 0 Å². The first kappa shape index (κ1) is 14.1. The molecule has 1 aliphatic heterocycles. The van der Waals surface area contributed by atoms with E-state index in [1.165, 1.54) is 4.31 Å². The zero-order valence-electron chi connectivity index (χ0n) is 8.49. The molecular formula is C7H18ClN3O2S. The quantitative estimate of drug-likeness (QED) is 0.706. The maximum atomic E-state index is 11.5. The second-order valence-electron chi connectivity index (χ2n) is 3.22. The molecule has 0 amide bonds.